The van der Waals surface area contributed by atoms with Crippen LogP contribution in [0.4, 0.5) is 5.13 Å². The van der Waals surface area contributed by atoms with Crippen LogP contribution in [-0.2, 0) is 6.42 Å². The molecule has 1 N–H and O–H groups in total. The van der Waals surface area contributed by atoms with Gasteiger partial charge >= 0.3 is 0 Å². The van der Waals surface area contributed by atoms with Gasteiger partial charge in [0, 0.05) is 37.4 Å². The number of likely N-dealkylation sites (tertiary alicyclic amines) is 1. The normalized spacial score (nSPS) is 16.4. The molecule has 6 heteroatoms. The molecule has 0 saturated carbocycles. The average molecular weight is 435 g/mol. The summed E-state index contributed by atoms with van der Waals surface area (Å²) in [6.45, 7) is 7.61. The highest BCUT2D eigenvalue weighted by atomic mass is 32.1. The summed E-state index contributed by atoms with van der Waals surface area (Å²) in [5.41, 5.74) is 6.84. The van der Waals surface area contributed by atoms with Gasteiger partial charge in [-0.25, -0.2) is 4.98 Å². The van der Waals surface area contributed by atoms with Gasteiger partial charge < -0.3 is 10.2 Å². The highest BCUT2D eigenvalue weighted by Crippen LogP contribution is 2.30. The number of benzene rings is 1. The number of amides is 1. The quantitative estimate of drug-likeness (QED) is 0.606. The predicted molar refractivity (Wildman–Crippen MR) is 127 cm³/mol. The van der Waals surface area contributed by atoms with Gasteiger partial charge in [0.15, 0.2) is 5.13 Å². The molecule has 0 bridgehead atoms. The van der Waals surface area contributed by atoms with Gasteiger partial charge in [-0.15, -0.1) is 0 Å². The molecular formula is C25H30N4OS. The van der Waals surface area contributed by atoms with Gasteiger partial charge in [-0.1, -0.05) is 41.2 Å². The minimum atomic E-state index is 0.0915. The summed E-state index contributed by atoms with van der Waals surface area (Å²) in [7, 11) is 1.83. The van der Waals surface area contributed by atoms with Crippen molar-refractivity contribution >= 4 is 22.4 Å². The number of nitrogens with one attached hydrogen (secondary N) is 1. The smallest absolute Gasteiger partial charge is 0.265 e. The molecule has 1 aliphatic heterocycles. The SMILES string of the molecule is CNc1nc(C)c(C(=O)N2CCC[C@@H](c3cc(Cc4cccc(C)c4)cc(C)n3)C2)s1. The molecule has 3 heterocycles. The van der Waals surface area contributed by atoms with Gasteiger partial charge in [0.1, 0.15) is 4.88 Å². The lowest BCUT2D eigenvalue weighted by molar-refractivity contribution is 0.0710. The Morgan fingerprint density at radius 3 is 2.74 bits per heavy atom. The molecule has 1 fully saturated rings. The topological polar surface area (TPSA) is 58.1 Å². The molecule has 2 aromatic heterocycles. The Morgan fingerprint density at radius 1 is 1.16 bits per heavy atom. The van der Waals surface area contributed by atoms with E-state index in [1.807, 2.05) is 18.9 Å². The first-order valence-corrected chi connectivity index (χ1v) is 11.7. The lowest BCUT2D eigenvalue weighted by atomic mass is 9.92. The molecule has 0 spiro atoms. The third kappa shape index (κ3) is 4.96. The molecule has 31 heavy (non-hydrogen) atoms. The molecule has 1 saturated heterocycles. The molecule has 5 nitrogen and oxygen atoms in total. The van der Waals surface area contributed by atoms with Crippen LogP contribution in [0.25, 0.3) is 0 Å². The number of nitrogens with zero attached hydrogens (tertiary/aromatic N) is 3. The Bertz CT molecular complexity index is 1090. The number of hydrogen-bond donors (Lipinski definition) is 1. The summed E-state index contributed by atoms with van der Waals surface area (Å²) in [5, 5.41) is 3.83. The Kier molecular flexibility index (Phi) is 6.37. The number of aryl methyl sites for hydroxylation is 3. The number of carbonyl (C=O) groups is 1. The van der Waals surface area contributed by atoms with E-state index in [1.54, 1.807) is 0 Å². The van der Waals surface area contributed by atoms with Crippen LogP contribution in [-0.4, -0.2) is 40.9 Å². The molecule has 162 valence electrons. The van der Waals surface area contributed by atoms with Crippen molar-refractivity contribution in [1.82, 2.24) is 14.9 Å². The molecule has 3 aromatic rings. The fraction of sp³-hybridized carbons (Fsp3) is 0.400. The molecule has 1 aromatic carbocycles. The maximum atomic E-state index is 13.2. The van der Waals surface area contributed by atoms with Crippen molar-refractivity contribution in [3.05, 3.63) is 75.0 Å². The Morgan fingerprint density at radius 2 is 2.00 bits per heavy atom. The van der Waals surface area contributed by atoms with E-state index < -0.39 is 0 Å². The number of rotatable bonds is 5. The third-order valence-corrected chi connectivity index (χ3v) is 7.02. The number of thiazole rings is 1. The summed E-state index contributed by atoms with van der Waals surface area (Å²) in [6.07, 6.45) is 2.96. The van der Waals surface area contributed by atoms with Crippen LogP contribution in [0.5, 0.6) is 0 Å². The van der Waals surface area contributed by atoms with E-state index in [0.717, 1.165) is 52.9 Å². The molecule has 0 radical (unpaired) electrons. The van der Waals surface area contributed by atoms with Crippen molar-refractivity contribution in [2.24, 2.45) is 0 Å². The van der Waals surface area contributed by atoms with E-state index in [2.05, 4.69) is 60.5 Å². The summed E-state index contributed by atoms with van der Waals surface area (Å²) in [5.74, 6) is 0.361. The first-order valence-electron chi connectivity index (χ1n) is 10.9. The molecule has 1 atom stereocenters. The minimum Gasteiger partial charge on any atom is -0.365 e. The lowest BCUT2D eigenvalue weighted by Gasteiger charge is -2.32. The van der Waals surface area contributed by atoms with E-state index in [-0.39, 0.29) is 11.8 Å². The van der Waals surface area contributed by atoms with Crippen molar-refractivity contribution in [2.75, 3.05) is 25.5 Å². The van der Waals surface area contributed by atoms with E-state index >= 15 is 0 Å². The second kappa shape index (κ2) is 9.18. The van der Waals surface area contributed by atoms with Gasteiger partial charge in [-0.2, -0.15) is 0 Å². The Balaban J connectivity index is 1.53. The highest BCUT2D eigenvalue weighted by molar-refractivity contribution is 7.17. The van der Waals surface area contributed by atoms with Crippen LogP contribution in [0.3, 0.4) is 0 Å². The van der Waals surface area contributed by atoms with Crippen LogP contribution in [0, 0.1) is 20.8 Å². The molecule has 0 aliphatic carbocycles. The minimum absolute atomic E-state index is 0.0915. The number of piperidine rings is 1. The Hall–Kier alpha value is -2.73. The summed E-state index contributed by atoms with van der Waals surface area (Å²) < 4.78 is 0. The average Bonchev–Trinajstić information content (AvgIpc) is 3.13. The fourth-order valence-electron chi connectivity index (χ4n) is 4.39. The summed E-state index contributed by atoms with van der Waals surface area (Å²) in [6, 6.07) is 13.1. The maximum Gasteiger partial charge on any atom is 0.265 e. The first kappa shape index (κ1) is 21.5. The number of aromatic nitrogens is 2. The Labute approximate surface area is 188 Å². The molecule has 0 unspecified atom stereocenters. The predicted octanol–water partition coefficient (Wildman–Crippen LogP) is 5.12. The van der Waals surface area contributed by atoms with Crippen LogP contribution >= 0.6 is 11.3 Å². The van der Waals surface area contributed by atoms with Crippen molar-refractivity contribution in [3.63, 3.8) is 0 Å². The first-order chi connectivity index (χ1) is 14.9. The van der Waals surface area contributed by atoms with Crippen molar-refractivity contribution in [3.8, 4) is 0 Å². The number of hydrogen-bond acceptors (Lipinski definition) is 5. The standard InChI is InChI=1S/C25H30N4OS/c1-16-7-5-8-19(11-16)13-20-12-17(2)27-22(14-20)21-9-6-10-29(15-21)24(30)23-18(3)28-25(26-4)31-23/h5,7-8,11-12,14,21H,6,9-10,13,15H2,1-4H3,(H,26,28)/t21-/m1/s1. The number of pyridine rings is 1. The van der Waals surface area contributed by atoms with Gasteiger partial charge in [-0.3, -0.25) is 9.78 Å². The largest absolute Gasteiger partial charge is 0.365 e. The maximum absolute atomic E-state index is 13.2. The van der Waals surface area contributed by atoms with Crippen molar-refractivity contribution in [2.45, 2.75) is 46.0 Å². The third-order valence-electron chi connectivity index (χ3n) is 5.86. The fourth-order valence-corrected chi connectivity index (χ4v) is 5.27. The van der Waals surface area contributed by atoms with E-state index in [0.29, 0.717) is 6.54 Å². The number of carbonyl (C=O) groups excluding carboxylic acids is 1. The lowest BCUT2D eigenvalue weighted by Crippen LogP contribution is -2.39. The van der Waals surface area contributed by atoms with E-state index in [1.165, 1.54) is 28.0 Å². The van der Waals surface area contributed by atoms with E-state index in [4.69, 9.17) is 4.98 Å². The highest BCUT2D eigenvalue weighted by Gasteiger charge is 2.28. The molecule has 1 amide bonds. The molecule has 4 rings (SSSR count). The molecule has 1 aliphatic rings. The van der Waals surface area contributed by atoms with Crippen LogP contribution in [0.15, 0.2) is 36.4 Å². The van der Waals surface area contributed by atoms with E-state index in [9.17, 15) is 4.79 Å². The second-order valence-electron chi connectivity index (χ2n) is 8.48. The monoisotopic (exact) mass is 434 g/mol. The van der Waals surface area contributed by atoms with Gasteiger partial charge in [0.05, 0.1) is 5.69 Å². The summed E-state index contributed by atoms with van der Waals surface area (Å²) >= 11 is 1.44. The van der Waals surface area contributed by atoms with Crippen molar-refractivity contribution in [1.29, 1.82) is 0 Å². The van der Waals surface area contributed by atoms with Crippen LogP contribution < -0.4 is 5.32 Å². The number of anilines is 1. The van der Waals surface area contributed by atoms with Crippen LogP contribution in [0.2, 0.25) is 0 Å². The summed E-state index contributed by atoms with van der Waals surface area (Å²) in [4.78, 5) is 25.2. The van der Waals surface area contributed by atoms with Gasteiger partial charge in [0.2, 0.25) is 0 Å². The van der Waals surface area contributed by atoms with Gasteiger partial charge in [-0.05, 0) is 63.3 Å². The van der Waals surface area contributed by atoms with Crippen molar-refractivity contribution < 1.29 is 4.79 Å². The zero-order valence-corrected chi connectivity index (χ0v) is 19.6. The zero-order valence-electron chi connectivity index (χ0n) is 18.7. The zero-order chi connectivity index (χ0) is 22.0. The molecular weight excluding hydrogens is 404 g/mol. The second-order valence-corrected chi connectivity index (χ2v) is 9.48. The van der Waals surface area contributed by atoms with Gasteiger partial charge in [0.25, 0.3) is 5.91 Å². The van der Waals surface area contributed by atoms with Crippen LogP contribution in [0.1, 0.15) is 62.2 Å².